The highest BCUT2D eigenvalue weighted by Gasteiger charge is 2.18. The maximum Gasteiger partial charge on any atom is 0.130 e. The van der Waals surface area contributed by atoms with Gasteiger partial charge in [0.15, 0.2) is 0 Å². The Balaban J connectivity index is 2.20. The average molecular weight is 204 g/mol. The van der Waals surface area contributed by atoms with Gasteiger partial charge >= 0.3 is 0 Å². The molecule has 0 aromatic carbocycles. The van der Waals surface area contributed by atoms with E-state index < -0.39 is 0 Å². The predicted molar refractivity (Wildman–Crippen MR) is 59.0 cm³/mol. The SMILES string of the molecule is N=C(C1CCCNC1)n1ccccc1=N. The summed E-state index contributed by atoms with van der Waals surface area (Å²) in [7, 11) is 0. The van der Waals surface area contributed by atoms with Gasteiger partial charge in [-0.1, -0.05) is 6.07 Å². The first kappa shape index (κ1) is 10.1. The first-order valence-electron chi connectivity index (χ1n) is 5.31. The van der Waals surface area contributed by atoms with Gasteiger partial charge in [-0.25, -0.2) is 0 Å². The van der Waals surface area contributed by atoms with E-state index in [-0.39, 0.29) is 5.92 Å². The topological polar surface area (TPSA) is 64.7 Å². The molecule has 2 heterocycles. The van der Waals surface area contributed by atoms with Gasteiger partial charge in [0.2, 0.25) is 0 Å². The molecular weight excluding hydrogens is 188 g/mol. The normalized spacial score (nSPS) is 21.2. The molecule has 1 aliphatic heterocycles. The van der Waals surface area contributed by atoms with Gasteiger partial charge in [0, 0.05) is 18.7 Å². The Bertz CT molecular complexity index is 401. The van der Waals surface area contributed by atoms with Crippen LogP contribution in [0.25, 0.3) is 0 Å². The Morgan fingerprint density at radius 2 is 2.33 bits per heavy atom. The summed E-state index contributed by atoms with van der Waals surface area (Å²) in [5.41, 5.74) is 0.382. The van der Waals surface area contributed by atoms with Crippen LogP contribution in [0, 0.1) is 16.7 Å². The van der Waals surface area contributed by atoms with Crippen LogP contribution >= 0.6 is 0 Å². The van der Waals surface area contributed by atoms with Crippen LogP contribution in [-0.2, 0) is 0 Å². The number of nitrogens with zero attached hydrogens (tertiary/aromatic N) is 1. The van der Waals surface area contributed by atoms with Crippen molar-refractivity contribution >= 4 is 5.84 Å². The maximum absolute atomic E-state index is 8.07. The van der Waals surface area contributed by atoms with E-state index >= 15 is 0 Å². The van der Waals surface area contributed by atoms with E-state index in [1.165, 1.54) is 0 Å². The summed E-state index contributed by atoms with van der Waals surface area (Å²) in [5.74, 6) is 0.781. The number of piperidine rings is 1. The average Bonchev–Trinajstić information content (AvgIpc) is 2.30. The summed E-state index contributed by atoms with van der Waals surface area (Å²) < 4.78 is 1.65. The molecule has 0 saturated carbocycles. The number of hydrogen-bond acceptors (Lipinski definition) is 3. The number of nitrogens with one attached hydrogen (secondary N) is 3. The molecule has 3 N–H and O–H groups in total. The Hall–Kier alpha value is -1.42. The lowest BCUT2D eigenvalue weighted by molar-refractivity contribution is 0.449. The zero-order chi connectivity index (χ0) is 10.7. The molecular formula is C11H16N4. The van der Waals surface area contributed by atoms with Gasteiger partial charge in [-0.05, 0) is 31.5 Å². The van der Waals surface area contributed by atoms with Gasteiger partial charge in [-0.3, -0.25) is 15.4 Å². The number of hydrogen-bond donors (Lipinski definition) is 3. The molecule has 1 fully saturated rings. The molecule has 4 nitrogen and oxygen atoms in total. The summed E-state index contributed by atoms with van der Waals surface area (Å²) in [4.78, 5) is 0. The third-order valence-electron chi connectivity index (χ3n) is 2.80. The van der Waals surface area contributed by atoms with E-state index in [2.05, 4.69) is 5.32 Å². The highest BCUT2D eigenvalue weighted by atomic mass is 15.0. The fourth-order valence-corrected chi connectivity index (χ4v) is 1.94. The van der Waals surface area contributed by atoms with Crippen molar-refractivity contribution in [1.82, 2.24) is 9.88 Å². The fourth-order valence-electron chi connectivity index (χ4n) is 1.94. The zero-order valence-corrected chi connectivity index (χ0v) is 8.66. The van der Waals surface area contributed by atoms with Crippen molar-refractivity contribution in [3.63, 3.8) is 0 Å². The molecule has 0 bridgehead atoms. The van der Waals surface area contributed by atoms with E-state index in [0.717, 1.165) is 25.9 Å². The molecule has 0 aliphatic carbocycles. The fraction of sp³-hybridized carbons (Fsp3) is 0.455. The Kier molecular flexibility index (Phi) is 2.97. The minimum Gasteiger partial charge on any atom is -0.316 e. The molecule has 0 spiro atoms. The van der Waals surface area contributed by atoms with Crippen molar-refractivity contribution in [2.24, 2.45) is 5.92 Å². The molecule has 80 valence electrons. The van der Waals surface area contributed by atoms with Crippen molar-refractivity contribution in [1.29, 1.82) is 10.8 Å². The Morgan fingerprint density at radius 3 is 3.00 bits per heavy atom. The zero-order valence-electron chi connectivity index (χ0n) is 8.66. The van der Waals surface area contributed by atoms with Crippen LogP contribution in [0.15, 0.2) is 24.4 Å². The first-order valence-corrected chi connectivity index (χ1v) is 5.31. The molecule has 4 heteroatoms. The van der Waals surface area contributed by atoms with Gasteiger partial charge < -0.3 is 5.32 Å². The van der Waals surface area contributed by atoms with Crippen molar-refractivity contribution in [3.8, 4) is 0 Å². The van der Waals surface area contributed by atoms with Gasteiger partial charge in [-0.15, -0.1) is 0 Å². The number of pyridine rings is 1. The quantitative estimate of drug-likeness (QED) is 0.459. The van der Waals surface area contributed by atoms with Gasteiger partial charge in [0.05, 0.1) is 0 Å². The monoisotopic (exact) mass is 204 g/mol. The summed E-state index contributed by atoms with van der Waals surface area (Å²) >= 11 is 0. The standard InChI is InChI=1S/C11H16N4/c12-10-5-1-2-7-15(10)11(13)9-4-3-6-14-8-9/h1-2,5,7,9,12-14H,3-4,6,8H2. The smallest absolute Gasteiger partial charge is 0.130 e. The molecule has 1 aliphatic rings. The van der Waals surface area contributed by atoms with Gasteiger partial charge in [0.1, 0.15) is 11.3 Å². The lowest BCUT2D eigenvalue weighted by Crippen LogP contribution is -2.39. The molecule has 0 amide bonds. The lowest BCUT2D eigenvalue weighted by atomic mass is 9.98. The van der Waals surface area contributed by atoms with Crippen molar-refractivity contribution < 1.29 is 0 Å². The largest absolute Gasteiger partial charge is 0.316 e. The summed E-state index contributed by atoms with van der Waals surface area (Å²) in [5, 5.41) is 19.1. The summed E-state index contributed by atoms with van der Waals surface area (Å²) in [6.07, 6.45) is 3.96. The second kappa shape index (κ2) is 4.40. The molecule has 1 aromatic rings. The maximum atomic E-state index is 8.07. The predicted octanol–water partition coefficient (Wildman–Crippen LogP) is 0.793. The molecule has 0 radical (unpaired) electrons. The highest BCUT2D eigenvalue weighted by Crippen LogP contribution is 2.11. The molecule has 1 atom stereocenters. The van der Waals surface area contributed by atoms with Crippen LogP contribution in [0.5, 0.6) is 0 Å². The molecule has 1 saturated heterocycles. The van der Waals surface area contributed by atoms with E-state index in [9.17, 15) is 0 Å². The van der Waals surface area contributed by atoms with Crippen molar-refractivity contribution in [2.45, 2.75) is 12.8 Å². The van der Waals surface area contributed by atoms with Crippen molar-refractivity contribution in [2.75, 3.05) is 13.1 Å². The Labute approximate surface area is 89.0 Å². The molecule has 1 aromatic heterocycles. The molecule has 15 heavy (non-hydrogen) atoms. The Morgan fingerprint density at radius 1 is 1.47 bits per heavy atom. The van der Waals surface area contributed by atoms with Crippen LogP contribution < -0.4 is 10.8 Å². The second-order valence-electron chi connectivity index (χ2n) is 3.88. The highest BCUT2D eigenvalue weighted by molar-refractivity contribution is 5.83. The molecule has 2 rings (SSSR count). The van der Waals surface area contributed by atoms with E-state index in [4.69, 9.17) is 10.8 Å². The lowest BCUT2D eigenvalue weighted by Gasteiger charge is -2.24. The minimum atomic E-state index is 0.246. The second-order valence-corrected chi connectivity index (χ2v) is 3.88. The third-order valence-corrected chi connectivity index (χ3v) is 2.80. The first-order chi connectivity index (χ1) is 7.29. The van der Waals surface area contributed by atoms with Crippen LogP contribution in [0.3, 0.4) is 0 Å². The number of aromatic nitrogens is 1. The van der Waals surface area contributed by atoms with E-state index in [1.807, 2.05) is 12.1 Å². The third kappa shape index (κ3) is 2.15. The minimum absolute atomic E-state index is 0.246. The van der Waals surface area contributed by atoms with Crippen molar-refractivity contribution in [3.05, 3.63) is 29.9 Å². The van der Waals surface area contributed by atoms with Gasteiger partial charge in [0.25, 0.3) is 0 Å². The number of rotatable bonds is 1. The van der Waals surface area contributed by atoms with Gasteiger partial charge in [-0.2, -0.15) is 0 Å². The molecule has 1 unspecified atom stereocenters. The van der Waals surface area contributed by atoms with E-state index in [0.29, 0.717) is 11.3 Å². The van der Waals surface area contributed by atoms with Crippen LogP contribution in [0.4, 0.5) is 0 Å². The van der Waals surface area contributed by atoms with Crippen LogP contribution in [0.2, 0.25) is 0 Å². The van der Waals surface area contributed by atoms with Crippen LogP contribution in [0.1, 0.15) is 12.8 Å². The van der Waals surface area contributed by atoms with Crippen LogP contribution in [-0.4, -0.2) is 23.5 Å². The van der Waals surface area contributed by atoms with E-state index in [1.54, 1.807) is 16.8 Å². The summed E-state index contributed by atoms with van der Waals surface area (Å²) in [6, 6.07) is 5.40. The summed E-state index contributed by atoms with van der Waals surface area (Å²) in [6.45, 7) is 1.91.